The Labute approximate surface area is 78.1 Å². The van der Waals surface area contributed by atoms with E-state index in [1.165, 1.54) is 25.7 Å². The molecule has 0 atom stereocenters. The van der Waals surface area contributed by atoms with E-state index in [4.69, 9.17) is 5.73 Å². The van der Waals surface area contributed by atoms with Gasteiger partial charge in [-0.15, -0.1) is 5.10 Å². The normalized spacial score (nSPS) is 18.2. The van der Waals surface area contributed by atoms with Crippen LogP contribution in [0.2, 0.25) is 0 Å². The summed E-state index contributed by atoms with van der Waals surface area (Å²) in [5.41, 5.74) is 6.63. The third-order valence-electron chi connectivity index (χ3n) is 2.92. The molecule has 0 bridgehead atoms. The first-order valence-electron chi connectivity index (χ1n) is 4.93. The van der Waals surface area contributed by atoms with Crippen LogP contribution in [0, 0.1) is 12.8 Å². The molecule has 1 aromatic heterocycles. The van der Waals surface area contributed by atoms with Gasteiger partial charge in [-0.25, -0.2) is 4.68 Å². The molecule has 1 aromatic rings. The first kappa shape index (κ1) is 8.53. The zero-order valence-corrected chi connectivity index (χ0v) is 8.03. The Kier molecular flexibility index (Phi) is 2.20. The fraction of sp³-hybridized carbons (Fsp3) is 0.778. The van der Waals surface area contributed by atoms with Gasteiger partial charge in [0.25, 0.3) is 0 Å². The van der Waals surface area contributed by atoms with Crippen LogP contribution < -0.4 is 5.73 Å². The molecule has 0 spiro atoms. The van der Waals surface area contributed by atoms with Crippen molar-refractivity contribution in [1.29, 1.82) is 0 Å². The highest BCUT2D eigenvalue weighted by Crippen LogP contribution is 2.26. The third-order valence-corrected chi connectivity index (χ3v) is 2.92. The van der Waals surface area contributed by atoms with E-state index in [0.29, 0.717) is 5.82 Å². The van der Waals surface area contributed by atoms with Gasteiger partial charge in [0.2, 0.25) is 0 Å². The van der Waals surface area contributed by atoms with Crippen LogP contribution in [0.4, 0.5) is 5.82 Å². The molecule has 1 aliphatic rings. The molecule has 0 unspecified atom stereocenters. The van der Waals surface area contributed by atoms with Gasteiger partial charge in [-0.2, -0.15) is 0 Å². The lowest BCUT2D eigenvalue weighted by Crippen LogP contribution is -2.10. The van der Waals surface area contributed by atoms with E-state index in [0.717, 1.165) is 18.2 Å². The van der Waals surface area contributed by atoms with Crippen LogP contribution in [0.15, 0.2) is 0 Å². The Morgan fingerprint density at radius 2 is 2.15 bits per heavy atom. The van der Waals surface area contributed by atoms with Crippen molar-refractivity contribution in [2.24, 2.45) is 5.92 Å². The van der Waals surface area contributed by atoms with Gasteiger partial charge in [-0.1, -0.05) is 18.1 Å². The molecule has 0 saturated heterocycles. The Balaban J connectivity index is 2.04. The predicted molar refractivity (Wildman–Crippen MR) is 51.1 cm³/mol. The molecule has 0 aliphatic heterocycles. The molecule has 13 heavy (non-hydrogen) atoms. The lowest BCUT2D eigenvalue weighted by molar-refractivity contribution is 0.416. The summed E-state index contributed by atoms with van der Waals surface area (Å²) in [6, 6.07) is 0. The van der Waals surface area contributed by atoms with Crippen LogP contribution in [0.1, 0.15) is 31.4 Å². The molecule has 4 heteroatoms. The average Bonchev–Trinajstić information content (AvgIpc) is 2.71. The van der Waals surface area contributed by atoms with Crippen LogP contribution >= 0.6 is 0 Å². The summed E-state index contributed by atoms with van der Waals surface area (Å²) in [6.07, 6.45) is 5.40. The van der Waals surface area contributed by atoms with Crippen molar-refractivity contribution in [3.63, 3.8) is 0 Å². The maximum absolute atomic E-state index is 5.62. The predicted octanol–water partition coefficient (Wildman–Crippen LogP) is 1.36. The second kappa shape index (κ2) is 3.36. The molecule has 4 nitrogen and oxygen atoms in total. The van der Waals surface area contributed by atoms with Gasteiger partial charge < -0.3 is 5.73 Å². The van der Waals surface area contributed by atoms with Crippen LogP contribution in [0.3, 0.4) is 0 Å². The number of nitrogens with zero attached hydrogens (tertiary/aromatic N) is 3. The second-order valence-corrected chi connectivity index (χ2v) is 3.89. The van der Waals surface area contributed by atoms with E-state index >= 15 is 0 Å². The topological polar surface area (TPSA) is 56.7 Å². The van der Waals surface area contributed by atoms with Gasteiger partial charge in [0.1, 0.15) is 0 Å². The zero-order chi connectivity index (χ0) is 9.26. The van der Waals surface area contributed by atoms with Crippen molar-refractivity contribution in [1.82, 2.24) is 15.0 Å². The highest BCUT2D eigenvalue weighted by molar-refractivity contribution is 5.31. The van der Waals surface area contributed by atoms with E-state index < -0.39 is 0 Å². The van der Waals surface area contributed by atoms with Gasteiger partial charge in [-0.3, -0.25) is 0 Å². The lowest BCUT2D eigenvalue weighted by atomic mass is 10.1. The minimum absolute atomic E-state index is 0.568. The Hall–Kier alpha value is -1.06. The number of nitrogens with two attached hydrogens (primary N) is 1. The molecule has 0 radical (unpaired) electrons. The van der Waals surface area contributed by atoms with E-state index in [2.05, 4.69) is 10.3 Å². The molecule has 0 amide bonds. The first-order valence-corrected chi connectivity index (χ1v) is 4.93. The van der Waals surface area contributed by atoms with Gasteiger partial charge in [0.05, 0.1) is 5.69 Å². The number of rotatable bonds is 2. The summed E-state index contributed by atoms with van der Waals surface area (Å²) in [5, 5.41) is 7.87. The first-order chi connectivity index (χ1) is 6.27. The van der Waals surface area contributed by atoms with Gasteiger partial charge in [0.15, 0.2) is 5.82 Å². The maximum atomic E-state index is 5.62. The summed E-state index contributed by atoms with van der Waals surface area (Å²) in [4.78, 5) is 0. The number of hydrogen-bond donors (Lipinski definition) is 1. The summed E-state index contributed by atoms with van der Waals surface area (Å²) < 4.78 is 1.94. The zero-order valence-electron chi connectivity index (χ0n) is 8.03. The molecule has 2 rings (SSSR count). The summed E-state index contributed by atoms with van der Waals surface area (Å²) in [5.74, 6) is 1.36. The van der Waals surface area contributed by atoms with Crippen molar-refractivity contribution in [2.45, 2.75) is 39.2 Å². The van der Waals surface area contributed by atoms with Crippen molar-refractivity contribution in [3.05, 3.63) is 5.69 Å². The van der Waals surface area contributed by atoms with Crippen molar-refractivity contribution >= 4 is 5.82 Å². The fourth-order valence-electron chi connectivity index (χ4n) is 1.98. The molecular weight excluding hydrogens is 164 g/mol. The highest BCUT2D eigenvalue weighted by Gasteiger charge is 2.17. The summed E-state index contributed by atoms with van der Waals surface area (Å²) in [6.45, 7) is 2.97. The Bertz CT molecular complexity index is 286. The second-order valence-electron chi connectivity index (χ2n) is 3.89. The number of aromatic nitrogens is 3. The average molecular weight is 180 g/mol. The minimum Gasteiger partial charge on any atom is -0.381 e. The third kappa shape index (κ3) is 1.66. The van der Waals surface area contributed by atoms with Gasteiger partial charge in [0, 0.05) is 6.54 Å². The largest absolute Gasteiger partial charge is 0.381 e. The highest BCUT2D eigenvalue weighted by atomic mass is 15.4. The van der Waals surface area contributed by atoms with E-state index in [1.807, 2.05) is 11.6 Å². The van der Waals surface area contributed by atoms with Crippen molar-refractivity contribution in [2.75, 3.05) is 5.73 Å². The molecular formula is C9H16N4. The SMILES string of the molecule is Cc1c(N)nnn1CC1CCCC1. The van der Waals surface area contributed by atoms with Crippen molar-refractivity contribution < 1.29 is 0 Å². The maximum Gasteiger partial charge on any atom is 0.168 e. The van der Waals surface area contributed by atoms with E-state index in [9.17, 15) is 0 Å². The van der Waals surface area contributed by atoms with Crippen LogP contribution in [0.25, 0.3) is 0 Å². The van der Waals surface area contributed by atoms with Gasteiger partial charge >= 0.3 is 0 Å². The summed E-state index contributed by atoms with van der Waals surface area (Å²) >= 11 is 0. The van der Waals surface area contributed by atoms with Crippen LogP contribution in [-0.4, -0.2) is 15.0 Å². The van der Waals surface area contributed by atoms with Crippen molar-refractivity contribution in [3.8, 4) is 0 Å². The quantitative estimate of drug-likeness (QED) is 0.747. The Morgan fingerprint density at radius 3 is 2.69 bits per heavy atom. The molecule has 1 aliphatic carbocycles. The van der Waals surface area contributed by atoms with Gasteiger partial charge in [-0.05, 0) is 25.7 Å². The number of nitrogen functional groups attached to an aromatic ring is 1. The number of anilines is 1. The molecule has 1 saturated carbocycles. The van der Waals surface area contributed by atoms with Crippen LogP contribution in [-0.2, 0) is 6.54 Å². The van der Waals surface area contributed by atoms with Crippen LogP contribution in [0.5, 0.6) is 0 Å². The molecule has 72 valence electrons. The number of hydrogen-bond acceptors (Lipinski definition) is 3. The van der Waals surface area contributed by atoms with E-state index in [1.54, 1.807) is 0 Å². The standard InChI is InChI=1S/C9H16N4/c1-7-9(10)11-12-13(7)6-8-4-2-3-5-8/h8H,2-6,10H2,1H3. The Morgan fingerprint density at radius 1 is 1.46 bits per heavy atom. The minimum atomic E-state index is 0.568. The van der Waals surface area contributed by atoms with E-state index in [-0.39, 0.29) is 0 Å². The summed E-state index contributed by atoms with van der Waals surface area (Å²) in [7, 11) is 0. The smallest absolute Gasteiger partial charge is 0.168 e. The molecule has 1 heterocycles. The lowest BCUT2D eigenvalue weighted by Gasteiger charge is -2.09. The molecule has 1 fully saturated rings. The fourth-order valence-corrected chi connectivity index (χ4v) is 1.98. The monoisotopic (exact) mass is 180 g/mol. The molecule has 2 N–H and O–H groups in total. The molecule has 0 aromatic carbocycles.